The van der Waals surface area contributed by atoms with Gasteiger partial charge in [0.05, 0.1) is 0 Å². The highest BCUT2D eigenvalue weighted by atomic mass is 16.4. The number of aromatic nitrogens is 1. The topological polar surface area (TPSA) is 58.6 Å². The van der Waals surface area contributed by atoms with Gasteiger partial charge in [0.25, 0.3) is 0 Å². The van der Waals surface area contributed by atoms with Gasteiger partial charge < -0.3 is 9.62 Å². The molecule has 0 spiro atoms. The van der Waals surface area contributed by atoms with Gasteiger partial charge in [0, 0.05) is 0 Å². The number of oxazole rings is 1. The van der Waals surface area contributed by atoms with Crippen LogP contribution in [0.25, 0.3) is 11.1 Å². The maximum Gasteiger partial charge on any atom is 0.241 e. The third-order valence-corrected chi connectivity index (χ3v) is 1.48. The van der Waals surface area contributed by atoms with E-state index in [9.17, 15) is 0 Å². The lowest BCUT2D eigenvalue weighted by Gasteiger charge is -1.79. The first kappa shape index (κ1) is 6.84. The number of rotatable bonds is 1. The van der Waals surface area contributed by atoms with Gasteiger partial charge in [-0.15, -0.1) is 0 Å². The van der Waals surface area contributed by atoms with E-state index >= 15 is 0 Å². The third-order valence-electron chi connectivity index (χ3n) is 1.48. The molecule has 0 unspecified atom stereocenters. The molecule has 0 amide bonds. The van der Waals surface area contributed by atoms with E-state index in [1.54, 1.807) is 6.07 Å². The van der Waals surface area contributed by atoms with Crippen LogP contribution in [0.2, 0.25) is 0 Å². The summed E-state index contributed by atoms with van der Waals surface area (Å²) >= 11 is 0. The van der Waals surface area contributed by atoms with Crippen LogP contribution in [0.3, 0.4) is 0 Å². The van der Waals surface area contributed by atoms with E-state index in [1.807, 2.05) is 18.2 Å². The first-order chi connectivity index (χ1) is 5.90. The summed E-state index contributed by atoms with van der Waals surface area (Å²) in [5.41, 5.74) is 1.44. The fourth-order valence-corrected chi connectivity index (χ4v) is 0.995. The van der Waals surface area contributed by atoms with Gasteiger partial charge in [0.2, 0.25) is 5.89 Å². The van der Waals surface area contributed by atoms with Gasteiger partial charge in [-0.1, -0.05) is 17.3 Å². The highest BCUT2D eigenvalue weighted by Gasteiger charge is 2.00. The van der Waals surface area contributed by atoms with Crippen LogP contribution in [0.5, 0.6) is 0 Å². The fraction of sp³-hybridized carbons (Fsp3) is 0. The number of oxime groups is 1. The summed E-state index contributed by atoms with van der Waals surface area (Å²) < 4.78 is 5.19. The molecule has 0 aliphatic carbocycles. The van der Waals surface area contributed by atoms with Crippen LogP contribution in [0, 0.1) is 0 Å². The van der Waals surface area contributed by atoms with E-state index < -0.39 is 0 Å². The van der Waals surface area contributed by atoms with Crippen LogP contribution in [0.1, 0.15) is 5.89 Å². The summed E-state index contributed by atoms with van der Waals surface area (Å²) in [5.74, 6) is 0.304. The second-order valence-corrected chi connectivity index (χ2v) is 2.26. The molecule has 2 rings (SSSR count). The molecule has 0 atom stereocenters. The third kappa shape index (κ3) is 1.03. The molecule has 1 aromatic heterocycles. The standard InChI is InChI=1S/C8H6N2O2/c11-9-5-8-10-6-3-1-2-4-7(6)12-8/h1-5,11H/b9-5+. The van der Waals surface area contributed by atoms with Crippen molar-refractivity contribution in [3.63, 3.8) is 0 Å². The number of benzene rings is 1. The van der Waals surface area contributed by atoms with Gasteiger partial charge in [0.1, 0.15) is 11.7 Å². The Bertz CT molecular complexity index is 387. The molecule has 0 aliphatic rings. The minimum atomic E-state index is 0.304. The summed E-state index contributed by atoms with van der Waals surface area (Å²) in [6.07, 6.45) is 1.15. The van der Waals surface area contributed by atoms with Gasteiger partial charge >= 0.3 is 0 Å². The average molecular weight is 162 g/mol. The second-order valence-electron chi connectivity index (χ2n) is 2.26. The van der Waals surface area contributed by atoms with Crippen molar-refractivity contribution >= 4 is 17.3 Å². The molecule has 1 aromatic carbocycles. The molecule has 0 saturated heterocycles. The molecular weight excluding hydrogens is 156 g/mol. The number of hydrogen-bond donors (Lipinski definition) is 1. The molecule has 0 aliphatic heterocycles. The van der Waals surface area contributed by atoms with Gasteiger partial charge in [-0.25, -0.2) is 4.98 Å². The Labute approximate surface area is 68.1 Å². The summed E-state index contributed by atoms with van der Waals surface area (Å²) in [6, 6.07) is 7.35. The Hall–Kier alpha value is -1.84. The predicted molar refractivity (Wildman–Crippen MR) is 43.4 cm³/mol. The smallest absolute Gasteiger partial charge is 0.241 e. The van der Waals surface area contributed by atoms with Crippen molar-refractivity contribution < 1.29 is 9.62 Å². The zero-order chi connectivity index (χ0) is 8.39. The first-order valence-electron chi connectivity index (χ1n) is 3.43. The van der Waals surface area contributed by atoms with Crippen molar-refractivity contribution in [2.45, 2.75) is 0 Å². The maximum atomic E-state index is 8.21. The molecule has 0 saturated carbocycles. The Kier molecular flexibility index (Phi) is 1.51. The lowest BCUT2D eigenvalue weighted by molar-refractivity contribution is 0.320. The van der Waals surface area contributed by atoms with E-state index in [-0.39, 0.29) is 0 Å². The molecule has 0 fully saturated rings. The van der Waals surface area contributed by atoms with Crippen molar-refractivity contribution in [2.24, 2.45) is 5.16 Å². The monoisotopic (exact) mass is 162 g/mol. The minimum Gasteiger partial charge on any atom is -0.435 e. The highest BCUT2D eigenvalue weighted by Crippen LogP contribution is 2.12. The number of nitrogens with zero attached hydrogens (tertiary/aromatic N) is 2. The molecular formula is C8H6N2O2. The van der Waals surface area contributed by atoms with Crippen LogP contribution in [-0.4, -0.2) is 16.4 Å². The van der Waals surface area contributed by atoms with Crippen molar-refractivity contribution in [1.29, 1.82) is 0 Å². The zero-order valence-electron chi connectivity index (χ0n) is 6.14. The fourth-order valence-electron chi connectivity index (χ4n) is 0.995. The maximum absolute atomic E-state index is 8.21. The van der Waals surface area contributed by atoms with E-state index in [0.717, 1.165) is 11.7 Å². The number of para-hydroxylation sites is 2. The Morgan fingerprint density at radius 3 is 3.00 bits per heavy atom. The van der Waals surface area contributed by atoms with Crippen molar-refractivity contribution in [3.8, 4) is 0 Å². The lowest BCUT2D eigenvalue weighted by atomic mass is 10.3. The molecule has 2 aromatic rings. The molecule has 4 nitrogen and oxygen atoms in total. The number of hydrogen-bond acceptors (Lipinski definition) is 4. The van der Waals surface area contributed by atoms with Crippen molar-refractivity contribution in [2.75, 3.05) is 0 Å². The predicted octanol–water partition coefficient (Wildman–Crippen LogP) is 1.64. The van der Waals surface area contributed by atoms with E-state index in [4.69, 9.17) is 9.62 Å². The van der Waals surface area contributed by atoms with Crippen molar-refractivity contribution in [1.82, 2.24) is 4.98 Å². The SMILES string of the molecule is O/N=C/c1nc2ccccc2o1. The Balaban J connectivity index is 2.62. The Morgan fingerprint density at radius 1 is 1.42 bits per heavy atom. The largest absolute Gasteiger partial charge is 0.435 e. The van der Waals surface area contributed by atoms with E-state index in [2.05, 4.69) is 10.1 Å². The van der Waals surface area contributed by atoms with Crippen LogP contribution >= 0.6 is 0 Å². The normalized spacial score (nSPS) is 11.3. The van der Waals surface area contributed by atoms with Gasteiger partial charge in [-0.2, -0.15) is 0 Å². The van der Waals surface area contributed by atoms with Crippen molar-refractivity contribution in [3.05, 3.63) is 30.2 Å². The van der Waals surface area contributed by atoms with Crippen LogP contribution in [0.15, 0.2) is 33.8 Å². The van der Waals surface area contributed by atoms with Crippen LogP contribution < -0.4 is 0 Å². The van der Waals surface area contributed by atoms with Gasteiger partial charge in [0.15, 0.2) is 5.58 Å². The minimum absolute atomic E-state index is 0.304. The lowest BCUT2D eigenvalue weighted by Crippen LogP contribution is -1.77. The van der Waals surface area contributed by atoms with E-state index in [0.29, 0.717) is 11.5 Å². The summed E-state index contributed by atoms with van der Waals surface area (Å²) in [5, 5.41) is 11.0. The zero-order valence-corrected chi connectivity index (χ0v) is 6.14. The molecule has 1 N–H and O–H groups in total. The summed E-state index contributed by atoms with van der Waals surface area (Å²) in [4.78, 5) is 4.03. The summed E-state index contributed by atoms with van der Waals surface area (Å²) in [7, 11) is 0. The van der Waals surface area contributed by atoms with Crippen LogP contribution in [0.4, 0.5) is 0 Å². The van der Waals surface area contributed by atoms with Gasteiger partial charge in [-0.3, -0.25) is 0 Å². The Morgan fingerprint density at radius 2 is 2.25 bits per heavy atom. The summed E-state index contributed by atoms with van der Waals surface area (Å²) in [6.45, 7) is 0. The number of fused-ring (bicyclic) bond motifs is 1. The molecule has 60 valence electrons. The quantitative estimate of drug-likeness (QED) is 0.394. The average Bonchev–Trinajstić information content (AvgIpc) is 2.47. The van der Waals surface area contributed by atoms with E-state index in [1.165, 1.54) is 0 Å². The van der Waals surface area contributed by atoms with Crippen LogP contribution in [-0.2, 0) is 0 Å². The van der Waals surface area contributed by atoms with Gasteiger partial charge in [-0.05, 0) is 12.1 Å². The highest BCUT2D eigenvalue weighted by molar-refractivity contribution is 5.80. The molecule has 0 bridgehead atoms. The molecule has 0 radical (unpaired) electrons. The molecule has 4 heteroatoms. The first-order valence-corrected chi connectivity index (χ1v) is 3.43. The molecule has 12 heavy (non-hydrogen) atoms. The second kappa shape index (κ2) is 2.65. The molecule has 1 heterocycles.